The van der Waals surface area contributed by atoms with Crippen LogP contribution in [0.1, 0.15) is 52.1 Å². The molecule has 2 aliphatic rings. The lowest BCUT2D eigenvalue weighted by atomic mass is 10.00. The lowest BCUT2D eigenvalue weighted by molar-refractivity contribution is -0.0160. The van der Waals surface area contributed by atoms with Gasteiger partial charge in [0.15, 0.2) is 0 Å². The highest BCUT2D eigenvalue weighted by Gasteiger charge is 2.42. The van der Waals surface area contributed by atoms with Crippen LogP contribution in [0.4, 0.5) is 4.79 Å². The zero-order valence-corrected chi connectivity index (χ0v) is 14.7. The van der Waals surface area contributed by atoms with Crippen molar-refractivity contribution in [3.63, 3.8) is 0 Å². The molecule has 0 N–H and O–H groups in total. The van der Waals surface area contributed by atoms with Crippen molar-refractivity contribution in [1.29, 1.82) is 0 Å². The van der Waals surface area contributed by atoms with Gasteiger partial charge in [0.05, 0.1) is 6.04 Å². The maximum absolute atomic E-state index is 12.7. The average molecular weight is 316 g/mol. The van der Waals surface area contributed by atoms with Crippen molar-refractivity contribution in [2.75, 3.05) is 13.1 Å². The van der Waals surface area contributed by atoms with Crippen LogP contribution in [0.3, 0.4) is 0 Å². The van der Waals surface area contributed by atoms with Crippen molar-refractivity contribution >= 4 is 6.09 Å². The first-order valence-electron chi connectivity index (χ1n) is 8.65. The number of nitrogens with zero attached hydrogens (tertiary/aromatic N) is 2. The fraction of sp³-hybridized carbons (Fsp3) is 0.632. The number of amides is 1. The van der Waals surface area contributed by atoms with E-state index in [-0.39, 0.29) is 12.1 Å². The standard InChI is InChI=1S/C19H28N2O2/c1-14-12-21(18(22)23-19(2,3)4)17(13-20(14)16-10-11-16)15-8-6-5-7-9-15/h5-9,14,16-17H,10-13H2,1-4H3/t14-,17-/m1/s1. The van der Waals surface area contributed by atoms with Crippen molar-refractivity contribution in [1.82, 2.24) is 9.80 Å². The minimum absolute atomic E-state index is 0.0721. The molecule has 4 heteroatoms. The van der Waals surface area contributed by atoms with Crippen LogP contribution in [0.25, 0.3) is 0 Å². The van der Waals surface area contributed by atoms with Gasteiger partial charge in [-0.05, 0) is 46.1 Å². The van der Waals surface area contributed by atoms with E-state index in [1.165, 1.54) is 18.4 Å². The Kier molecular flexibility index (Phi) is 4.37. The van der Waals surface area contributed by atoms with Crippen LogP contribution in [0.15, 0.2) is 30.3 Å². The summed E-state index contributed by atoms with van der Waals surface area (Å²) in [6.45, 7) is 9.61. The number of piperazine rings is 1. The van der Waals surface area contributed by atoms with Crippen LogP contribution in [-0.4, -0.2) is 46.7 Å². The minimum Gasteiger partial charge on any atom is -0.444 e. The van der Waals surface area contributed by atoms with Gasteiger partial charge in [0.1, 0.15) is 5.60 Å². The zero-order chi connectivity index (χ0) is 16.6. The highest BCUT2D eigenvalue weighted by Crippen LogP contribution is 2.36. The van der Waals surface area contributed by atoms with Crippen LogP contribution >= 0.6 is 0 Å². The molecule has 4 nitrogen and oxygen atoms in total. The molecule has 1 aromatic rings. The minimum atomic E-state index is -0.463. The predicted molar refractivity (Wildman–Crippen MR) is 91.3 cm³/mol. The molecule has 0 spiro atoms. The van der Waals surface area contributed by atoms with Gasteiger partial charge in [-0.15, -0.1) is 0 Å². The molecule has 1 amide bonds. The van der Waals surface area contributed by atoms with Crippen molar-refractivity contribution in [2.24, 2.45) is 0 Å². The molecule has 0 unspecified atom stereocenters. The molecule has 1 aromatic carbocycles. The summed E-state index contributed by atoms with van der Waals surface area (Å²) < 4.78 is 5.66. The molecule has 2 fully saturated rings. The first-order valence-corrected chi connectivity index (χ1v) is 8.65. The van der Waals surface area contributed by atoms with Gasteiger partial charge in [0.25, 0.3) is 0 Å². The molecule has 2 atom stereocenters. The molecule has 1 heterocycles. The summed E-state index contributed by atoms with van der Waals surface area (Å²) in [5.74, 6) is 0. The Morgan fingerprint density at radius 3 is 2.35 bits per heavy atom. The Morgan fingerprint density at radius 1 is 1.13 bits per heavy atom. The maximum atomic E-state index is 12.7. The number of carbonyl (C=O) groups excluding carboxylic acids is 1. The van der Waals surface area contributed by atoms with Crippen molar-refractivity contribution in [3.8, 4) is 0 Å². The highest BCUT2D eigenvalue weighted by atomic mass is 16.6. The third-order valence-electron chi connectivity index (χ3n) is 4.62. The molecule has 1 saturated carbocycles. The summed E-state index contributed by atoms with van der Waals surface area (Å²) in [5, 5.41) is 0. The second kappa shape index (κ2) is 6.16. The van der Waals surface area contributed by atoms with E-state index in [0.29, 0.717) is 12.1 Å². The third-order valence-corrected chi connectivity index (χ3v) is 4.62. The fourth-order valence-corrected chi connectivity index (χ4v) is 3.39. The SMILES string of the molecule is C[C@@H]1CN(C(=O)OC(C)(C)C)[C@@H](c2ccccc2)CN1C1CC1. The second-order valence-electron chi connectivity index (χ2n) is 7.84. The molecule has 0 aromatic heterocycles. The first-order chi connectivity index (χ1) is 10.8. The Morgan fingerprint density at radius 2 is 1.78 bits per heavy atom. The molecule has 0 bridgehead atoms. The molecule has 23 heavy (non-hydrogen) atoms. The van der Waals surface area contributed by atoms with E-state index < -0.39 is 5.60 Å². The van der Waals surface area contributed by atoms with Gasteiger partial charge in [0.2, 0.25) is 0 Å². The molecule has 0 radical (unpaired) electrons. The number of benzene rings is 1. The van der Waals surface area contributed by atoms with Gasteiger partial charge in [0, 0.05) is 25.2 Å². The smallest absolute Gasteiger partial charge is 0.410 e. The van der Waals surface area contributed by atoms with Crippen LogP contribution in [0.2, 0.25) is 0 Å². The summed E-state index contributed by atoms with van der Waals surface area (Å²) >= 11 is 0. The number of hydrogen-bond acceptors (Lipinski definition) is 3. The van der Waals surface area contributed by atoms with Gasteiger partial charge in [-0.1, -0.05) is 30.3 Å². The summed E-state index contributed by atoms with van der Waals surface area (Å²) in [7, 11) is 0. The summed E-state index contributed by atoms with van der Waals surface area (Å²) in [6.07, 6.45) is 2.38. The molecular formula is C19H28N2O2. The highest BCUT2D eigenvalue weighted by molar-refractivity contribution is 5.69. The van der Waals surface area contributed by atoms with Gasteiger partial charge in [-0.25, -0.2) is 4.79 Å². The van der Waals surface area contributed by atoms with Crippen molar-refractivity contribution in [2.45, 2.75) is 64.3 Å². The van der Waals surface area contributed by atoms with Crippen molar-refractivity contribution < 1.29 is 9.53 Å². The van der Waals surface area contributed by atoms with E-state index in [1.807, 2.05) is 43.9 Å². The Balaban J connectivity index is 1.84. The molecule has 126 valence electrons. The van der Waals surface area contributed by atoms with E-state index in [0.717, 1.165) is 13.1 Å². The fourth-order valence-electron chi connectivity index (χ4n) is 3.39. The second-order valence-corrected chi connectivity index (χ2v) is 7.84. The first kappa shape index (κ1) is 16.3. The maximum Gasteiger partial charge on any atom is 0.410 e. The molecule has 1 aliphatic carbocycles. The van der Waals surface area contributed by atoms with Crippen LogP contribution in [0.5, 0.6) is 0 Å². The van der Waals surface area contributed by atoms with E-state index >= 15 is 0 Å². The van der Waals surface area contributed by atoms with E-state index in [4.69, 9.17) is 4.74 Å². The van der Waals surface area contributed by atoms with Crippen LogP contribution in [0, 0.1) is 0 Å². The zero-order valence-electron chi connectivity index (χ0n) is 14.7. The van der Waals surface area contributed by atoms with E-state index in [9.17, 15) is 4.79 Å². The molecule has 1 aliphatic heterocycles. The van der Waals surface area contributed by atoms with Crippen LogP contribution < -0.4 is 0 Å². The van der Waals surface area contributed by atoms with Gasteiger partial charge < -0.3 is 4.74 Å². The summed E-state index contributed by atoms with van der Waals surface area (Å²) in [6, 6.07) is 11.5. The Hall–Kier alpha value is -1.55. The van der Waals surface area contributed by atoms with Crippen molar-refractivity contribution in [3.05, 3.63) is 35.9 Å². The lowest BCUT2D eigenvalue weighted by Crippen LogP contribution is -2.56. The van der Waals surface area contributed by atoms with Gasteiger partial charge in [-0.3, -0.25) is 9.80 Å². The number of hydrogen-bond donors (Lipinski definition) is 0. The van der Waals surface area contributed by atoms with E-state index in [2.05, 4.69) is 24.0 Å². The lowest BCUT2D eigenvalue weighted by Gasteiger charge is -2.45. The van der Waals surface area contributed by atoms with E-state index in [1.54, 1.807) is 0 Å². The Labute approximate surface area is 139 Å². The predicted octanol–water partition coefficient (Wildman–Crippen LogP) is 3.83. The molecule has 3 rings (SSSR count). The Bertz CT molecular complexity index is 548. The summed E-state index contributed by atoms with van der Waals surface area (Å²) in [5.41, 5.74) is 0.728. The normalized spacial score (nSPS) is 26.2. The summed E-state index contributed by atoms with van der Waals surface area (Å²) in [4.78, 5) is 17.2. The van der Waals surface area contributed by atoms with Gasteiger partial charge >= 0.3 is 6.09 Å². The topological polar surface area (TPSA) is 32.8 Å². The van der Waals surface area contributed by atoms with Gasteiger partial charge in [-0.2, -0.15) is 0 Å². The van der Waals surface area contributed by atoms with Crippen LogP contribution in [-0.2, 0) is 4.74 Å². The molecular weight excluding hydrogens is 288 g/mol. The third kappa shape index (κ3) is 3.86. The average Bonchev–Trinajstić information content (AvgIpc) is 3.30. The largest absolute Gasteiger partial charge is 0.444 e. The molecule has 1 saturated heterocycles. The number of ether oxygens (including phenoxy) is 1. The monoisotopic (exact) mass is 316 g/mol. The quantitative estimate of drug-likeness (QED) is 0.831. The number of carbonyl (C=O) groups is 1. The number of rotatable bonds is 2.